The van der Waals surface area contributed by atoms with E-state index in [9.17, 15) is 18.0 Å². The van der Waals surface area contributed by atoms with Crippen molar-refractivity contribution in [3.05, 3.63) is 47.1 Å². The average molecular weight is 453 g/mol. The Hall–Kier alpha value is -2.47. The number of sulfonamides is 1. The monoisotopic (exact) mass is 452 g/mol. The summed E-state index contributed by atoms with van der Waals surface area (Å²) in [5.41, 5.74) is 0.525. The van der Waals surface area contributed by atoms with E-state index in [1.165, 1.54) is 17.0 Å². The molecule has 1 saturated heterocycles. The Morgan fingerprint density at radius 1 is 1.31 bits per heavy atom. The number of carbonyl (C=O) groups is 2. The van der Waals surface area contributed by atoms with Crippen molar-refractivity contribution in [3.63, 3.8) is 0 Å². The van der Waals surface area contributed by atoms with Crippen molar-refractivity contribution >= 4 is 56.3 Å². The summed E-state index contributed by atoms with van der Waals surface area (Å²) >= 11 is 6.31. The van der Waals surface area contributed by atoms with Crippen LogP contribution >= 0.6 is 24.0 Å². The molecular weight excluding hydrogens is 436 g/mol. The molecular formula is C18H16N2O6S3. The fraction of sp³-hybridized carbons (Fsp3) is 0.167. The summed E-state index contributed by atoms with van der Waals surface area (Å²) in [6.45, 7) is 0.234. The van der Waals surface area contributed by atoms with Gasteiger partial charge in [0.25, 0.3) is 5.91 Å². The van der Waals surface area contributed by atoms with Crippen LogP contribution in [0, 0.1) is 0 Å². The number of nitrogens with zero attached hydrogens (tertiary/aromatic N) is 1. The number of hydrogen-bond acceptors (Lipinski definition) is 7. The van der Waals surface area contributed by atoms with E-state index in [0.717, 1.165) is 11.8 Å². The first kappa shape index (κ1) is 21.2. The lowest BCUT2D eigenvalue weighted by molar-refractivity contribution is -0.137. The molecule has 8 nitrogen and oxygen atoms in total. The largest absolute Gasteiger partial charge is 0.481 e. The molecule has 152 valence electrons. The number of furan rings is 1. The fourth-order valence-electron chi connectivity index (χ4n) is 2.62. The molecule has 1 amide bonds. The SMILES string of the molecule is NS(=O)(=O)c1cccc(-c2ccc(/C=C3/SC(=S)N(CCCC(=O)O)C3=O)o2)c1. The third kappa shape index (κ3) is 5.12. The zero-order chi connectivity index (χ0) is 21.2. The standard InChI is InChI=1S/C18H16N2O6S3/c19-29(24,25)13-4-1-3-11(9-13)14-7-6-12(26-14)10-15-17(23)20(18(27)28-15)8-2-5-16(21)22/h1,3-4,6-7,9-10H,2,5,8H2,(H,21,22)(H2,19,24,25)/b15-10+. The summed E-state index contributed by atoms with van der Waals surface area (Å²) in [6, 6.07) is 9.33. The quantitative estimate of drug-likeness (QED) is 0.484. The molecule has 2 heterocycles. The number of thioether (sulfide) groups is 1. The molecule has 1 aromatic carbocycles. The highest BCUT2D eigenvalue weighted by molar-refractivity contribution is 8.26. The van der Waals surface area contributed by atoms with Crippen molar-refractivity contribution in [3.8, 4) is 11.3 Å². The fourth-order valence-corrected chi connectivity index (χ4v) is 4.47. The first-order valence-corrected chi connectivity index (χ1v) is 11.1. The van der Waals surface area contributed by atoms with Crippen molar-refractivity contribution in [1.82, 2.24) is 4.90 Å². The number of benzene rings is 1. The van der Waals surface area contributed by atoms with Crippen LogP contribution in [0.5, 0.6) is 0 Å². The van der Waals surface area contributed by atoms with Gasteiger partial charge in [-0.15, -0.1) is 0 Å². The van der Waals surface area contributed by atoms with Gasteiger partial charge in [0.05, 0.1) is 9.80 Å². The van der Waals surface area contributed by atoms with E-state index < -0.39 is 16.0 Å². The van der Waals surface area contributed by atoms with Gasteiger partial charge in [-0.2, -0.15) is 0 Å². The van der Waals surface area contributed by atoms with Crippen LogP contribution in [0.2, 0.25) is 0 Å². The number of hydrogen-bond donors (Lipinski definition) is 2. The summed E-state index contributed by atoms with van der Waals surface area (Å²) in [5.74, 6) is -0.425. The van der Waals surface area contributed by atoms with Gasteiger partial charge >= 0.3 is 5.97 Å². The van der Waals surface area contributed by atoms with E-state index in [1.807, 2.05) is 0 Å². The number of nitrogens with two attached hydrogens (primary N) is 1. The van der Waals surface area contributed by atoms with E-state index in [2.05, 4.69) is 0 Å². The maximum absolute atomic E-state index is 12.5. The van der Waals surface area contributed by atoms with Crippen LogP contribution in [-0.2, 0) is 19.6 Å². The van der Waals surface area contributed by atoms with E-state index in [-0.39, 0.29) is 23.8 Å². The van der Waals surface area contributed by atoms with Crippen LogP contribution in [-0.4, -0.2) is 41.2 Å². The number of rotatable bonds is 7. The Balaban J connectivity index is 1.78. The summed E-state index contributed by atoms with van der Waals surface area (Å²) < 4.78 is 29.1. The van der Waals surface area contributed by atoms with Crippen LogP contribution in [0.3, 0.4) is 0 Å². The Morgan fingerprint density at radius 3 is 2.76 bits per heavy atom. The molecule has 29 heavy (non-hydrogen) atoms. The highest BCUT2D eigenvalue weighted by Crippen LogP contribution is 2.34. The zero-order valence-corrected chi connectivity index (χ0v) is 17.4. The number of carboxylic acids is 1. The van der Waals surface area contributed by atoms with Gasteiger partial charge in [0, 0.05) is 24.6 Å². The Bertz CT molecular complexity index is 1120. The van der Waals surface area contributed by atoms with Crippen LogP contribution in [0.25, 0.3) is 17.4 Å². The molecule has 0 bridgehead atoms. The first-order valence-electron chi connectivity index (χ1n) is 8.35. The minimum atomic E-state index is -3.84. The molecule has 0 atom stereocenters. The smallest absolute Gasteiger partial charge is 0.303 e. The highest BCUT2D eigenvalue weighted by atomic mass is 32.2. The lowest BCUT2D eigenvalue weighted by Crippen LogP contribution is -2.29. The minimum absolute atomic E-state index is 0.0322. The number of primary sulfonamides is 1. The van der Waals surface area contributed by atoms with Crippen LogP contribution in [0.4, 0.5) is 0 Å². The molecule has 3 rings (SSSR count). The van der Waals surface area contributed by atoms with Gasteiger partial charge in [0.1, 0.15) is 15.8 Å². The second-order valence-electron chi connectivity index (χ2n) is 6.11. The van der Waals surface area contributed by atoms with E-state index >= 15 is 0 Å². The first-order chi connectivity index (χ1) is 13.6. The third-order valence-corrected chi connectivity index (χ3v) is 6.28. The molecule has 1 fully saturated rings. The second kappa shape index (κ2) is 8.49. The van der Waals surface area contributed by atoms with E-state index in [0.29, 0.717) is 32.7 Å². The molecule has 1 aliphatic heterocycles. The summed E-state index contributed by atoms with van der Waals surface area (Å²) in [7, 11) is -3.84. The molecule has 0 spiro atoms. The lowest BCUT2D eigenvalue weighted by atomic mass is 10.2. The normalized spacial score (nSPS) is 16.0. The molecule has 1 aliphatic rings. The Kier molecular flexibility index (Phi) is 6.22. The number of aliphatic carboxylic acids is 1. The molecule has 0 unspecified atom stereocenters. The summed E-state index contributed by atoms with van der Waals surface area (Å²) in [5, 5.41) is 13.9. The van der Waals surface area contributed by atoms with Crippen LogP contribution in [0.1, 0.15) is 18.6 Å². The highest BCUT2D eigenvalue weighted by Gasteiger charge is 2.32. The van der Waals surface area contributed by atoms with Crippen molar-refractivity contribution in [2.75, 3.05) is 6.54 Å². The van der Waals surface area contributed by atoms with Crippen LogP contribution in [0.15, 0.2) is 50.6 Å². The van der Waals surface area contributed by atoms with Crippen molar-refractivity contribution in [2.45, 2.75) is 17.7 Å². The maximum Gasteiger partial charge on any atom is 0.303 e. The van der Waals surface area contributed by atoms with Gasteiger partial charge in [-0.05, 0) is 30.7 Å². The van der Waals surface area contributed by atoms with Crippen molar-refractivity contribution < 1.29 is 27.5 Å². The number of amides is 1. The van der Waals surface area contributed by atoms with Gasteiger partial charge in [-0.3, -0.25) is 14.5 Å². The van der Waals surface area contributed by atoms with Gasteiger partial charge in [0.15, 0.2) is 0 Å². The zero-order valence-electron chi connectivity index (χ0n) is 14.9. The summed E-state index contributed by atoms with van der Waals surface area (Å²) in [6.07, 6.45) is 1.80. The molecule has 0 radical (unpaired) electrons. The van der Waals surface area contributed by atoms with E-state index in [4.69, 9.17) is 26.9 Å². The molecule has 0 saturated carbocycles. The second-order valence-corrected chi connectivity index (χ2v) is 9.34. The topological polar surface area (TPSA) is 131 Å². The number of thiocarbonyl (C=S) groups is 1. The molecule has 0 aliphatic carbocycles. The number of carboxylic acid groups (broad SMARTS) is 1. The van der Waals surface area contributed by atoms with Crippen molar-refractivity contribution in [1.29, 1.82) is 0 Å². The maximum atomic E-state index is 12.5. The molecule has 1 aromatic heterocycles. The lowest BCUT2D eigenvalue weighted by Gasteiger charge is -2.13. The van der Waals surface area contributed by atoms with Gasteiger partial charge < -0.3 is 9.52 Å². The minimum Gasteiger partial charge on any atom is -0.481 e. The van der Waals surface area contributed by atoms with Gasteiger partial charge in [-0.1, -0.05) is 36.1 Å². The predicted molar refractivity (Wildman–Crippen MR) is 112 cm³/mol. The molecule has 2 aromatic rings. The van der Waals surface area contributed by atoms with Crippen LogP contribution < -0.4 is 5.14 Å². The third-order valence-electron chi connectivity index (χ3n) is 3.99. The Morgan fingerprint density at radius 2 is 2.07 bits per heavy atom. The van der Waals surface area contributed by atoms with Gasteiger partial charge in [0.2, 0.25) is 10.0 Å². The van der Waals surface area contributed by atoms with Gasteiger partial charge in [-0.25, -0.2) is 13.6 Å². The summed E-state index contributed by atoms with van der Waals surface area (Å²) in [4.78, 5) is 24.8. The van der Waals surface area contributed by atoms with Crippen molar-refractivity contribution in [2.24, 2.45) is 5.14 Å². The molecule has 11 heteroatoms. The Labute approximate surface area is 176 Å². The number of carbonyl (C=O) groups excluding carboxylic acids is 1. The predicted octanol–water partition coefficient (Wildman–Crippen LogP) is 2.66. The average Bonchev–Trinajstić information content (AvgIpc) is 3.21. The molecule has 3 N–H and O–H groups in total. The van der Waals surface area contributed by atoms with E-state index in [1.54, 1.807) is 30.3 Å².